The van der Waals surface area contributed by atoms with E-state index in [4.69, 9.17) is 14.8 Å². The average molecular weight is 508 g/mol. The van der Waals surface area contributed by atoms with Gasteiger partial charge in [0, 0.05) is 18.0 Å². The Morgan fingerprint density at radius 3 is 2.47 bits per heavy atom. The van der Waals surface area contributed by atoms with Crippen LogP contribution in [0.1, 0.15) is 47.1 Å². The molecule has 2 heterocycles. The van der Waals surface area contributed by atoms with Crippen molar-refractivity contribution in [2.24, 2.45) is 0 Å². The quantitative estimate of drug-likeness (QED) is 0.508. The number of benzene rings is 3. The van der Waals surface area contributed by atoms with Gasteiger partial charge in [-0.2, -0.15) is 8.42 Å². The first-order chi connectivity index (χ1) is 17.9. The lowest BCUT2D eigenvalue weighted by Crippen LogP contribution is -2.42. The second kappa shape index (κ2) is 9.59. The minimum atomic E-state index is -4.47. The normalized spacial score (nSPS) is 21.3. The number of thiol groups is 1. The molecular weight excluding hydrogens is 478 g/mol. The molecule has 1 aliphatic carbocycles. The van der Waals surface area contributed by atoms with Crippen molar-refractivity contribution in [3.05, 3.63) is 89.0 Å². The van der Waals surface area contributed by atoms with Gasteiger partial charge in [-0.25, -0.2) is 4.79 Å². The molecule has 1 amide bonds. The Labute approximate surface area is 212 Å². The van der Waals surface area contributed by atoms with E-state index in [9.17, 15) is 13.2 Å². The minimum Gasteiger partial charge on any atom is -0.448 e. The van der Waals surface area contributed by atoms with Gasteiger partial charge in [0.25, 0.3) is 10.9 Å². The summed E-state index contributed by atoms with van der Waals surface area (Å²) in [7, 11) is -4.47. The highest BCUT2D eigenvalue weighted by Gasteiger charge is 2.41. The van der Waals surface area contributed by atoms with Crippen molar-refractivity contribution in [3.8, 4) is 16.9 Å². The topological polar surface area (TPSA) is 82.1 Å². The average Bonchev–Trinajstić information content (AvgIpc) is 3.50. The SMILES string of the molecule is [3H]S(=O)(=O)Oc1cccc2c1[C@H](C1CCCN1C(=O)OCC1c3ccccc3-c3ccccc31)OCC2. The molecule has 7 nitrogen and oxygen atoms in total. The van der Waals surface area contributed by atoms with Crippen LogP contribution in [0.3, 0.4) is 0 Å². The number of hydrogen-bond donors (Lipinski definition) is 1. The van der Waals surface area contributed by atoms with Crippen LogP contribution in [0.4, 0.5) is 4.79 Å². The summed E-state index contributed by atoms with van der Waals surface area (Å²) in [5.41, 5.74) is 6.13. The lowest BCUT2D eigenvalue weighted by atomic mass is 9.91. The van der Waals surface area contributed by atoms with Crippen LogP contribution in [0, 0.1) is 0 Å². The molecule has 6 rings (SSSR count). The first-order valence-corrected chi connectivity index (χ1v) is 13.2. The maximum atomic E-state index is 13.4. The lowest BCUT2D eigenvalue weighted by molar-refractivity contribution is -0.0134. The highest BCUT2D eigenvalue weighted by Crippen LogP contribution is 2.45. The van der Waals surface area contributed by atoms with Gasteiger partial charge in [-0.05, 0) is 53.1 Å². The van der Waals surface area contributed by atoms with Crippen molar-refractivity contribution in [2.45, 2.75) is 37.3 Å². The maximum absolute atomic E-state index is 13.4. The van der Waals surface area contributed by atoms with Crippen molar-refractivity contribution >= 4 is 17.0 Å². The Hall–Kier alpha value is -3.36. The number of carbonyl (C=O) groups is 1. The Morgan fingerprint density at radius 1 is 1.03 bits per heavy atom. The fourth-order valence-corrected chi connectivity index (χ4v) is 6.26. The molecule has 8 heteroatoms. The summed E-state index contributed by atoms with van der Waals surface area (Å²) in [5, 5.41) is 0. The summed E-state index contributed by atoms with van der Waals surface area (Å²) in [6, 6.07) is 21.2. The zero-order valence-corrected chi connectivity index (χ0v) is 20.4. The highest BCUT2D eigenvalue weighted by molar-refractivity contribution is 7.67. The Balaban J connectivity index is 1.23. The van der Waals surface area contributed by atoms with Crippen LogP contribution >= 0.6 is 0 Å². The molecule has 3 aromatic carbocycles. The van der Waals surface area contributed by atoms with Crippen LogP contribution < -0.4 is 4.18 Å². The van der Waals surface area contributed by atoms with E-state index in [1.165, 1.54) is 17.2 Å². The molecule has 186 valence electrons. The molecule has 0 saturated carbocycles. The van der Waals surface area contributed by atoms with Crippen molar-refractivity contribution in [3.63, 3.8) is 0 Å². The van der Waals surface area contributed by atoms with Crippen molar-refractivity contribution in [2.75, 3.05) is 19.8 Å². The molecule has 2 aliphatic heterocycles. The van der Waals surface area contributed by atoms with Gasteiger partial charge in [-0.15, -0.1) is 0 Å². The van der Waals surface area contributed by atoms with Gasteiger partial charge in [-0.3, -0.25) is 0 Å². The summed E-state index contributed by atoms with van der Waals surface area (Å²) in [5.74, 6) is 0.0444. The van der Waals surface area contributed by atoms with Crippen LogP contribution in [-0.2, 0) is 26.8 Å². The predicted molar refractivity (Wildman–Crippen MR) is 135 cm³/mol. The molecule has 0 aromatic heterocycles. The van der Waals surface area contributed by atoms with Crippen LogP contribution in [0.2, 0.25) is 0 Å². The van der Waals surface area contributed by atoms with E-state index < -0.39 is 23.1 Å². The van der Waals surface area contributed by atoms with Gasteiger partial charge in [-0.1, -0.05) is 60.7 Å². The number of nitrogens with zero attached hydrogens (tertiary/aromatic N) is 1. The van der Waals surface area contributed by atoms with Gasteiger partial charge in [0.05, 0.1) is 12.6 Å². The zero-order chi connectivity index (χ0) is 25.6. The zero-order valence-electron chi connectivity index (χ0n) is 20.6. The molecule has 3 aliphatic rings. The van der Waals surface area contributed by atoms with E-state index in [2.05, 4.69) is 24.3 Å². The highest BCUT2D eigenvalue weighted by atomic mass is 32.2. The summed E-state index contributed by atoms with van der Waals surface area (Å²) in [6.45, 7) is 1.20. The molecule has 0 radical (unpaired) electrons. The third kappa shape index (κ3) is 4.04. The molecule has 2 atom stereocenters. The third-order valence-electron chi connectivity index (χ3n) is 7.49. The number of carbonyl (C=O) groups excluding carboxylic acids is 1. The standard InChI is InChI=1S/C28H27NO6S/c30-28(34-17-23-21-10-3-1-8-19(21)20-9-2-4-11-22(20)23)29-15-6-12-24(29)27-26-18(14-16-33-27)7-5-13-25(26)35-36(31)32/h1-5,7-11,13,23-24,27,36H,6,12,14-17H2/t24?,27-/m0/s1/i36T. The minimum absolute atomic E-state index is 0.0358. The molecule has 1 unspecified atom stereocenters. The lowest BCUT2D eigenvalue weighted by Gasteiger charge is -2.35. The number of hydrogen-bond acceptors (Lipinski definition) is 6. The second-order valence-electron chi connectivity index (χ2n) is 9.36. The summed E-state index contributed by atoms with van der Waals surface area (Å²) >= 11 is 0. The van der Waals surface area contributed by atoms with E-state index >= 15 is 0 Å². The Morgan fingerprint density at radius 2 is 1.75 bits per heavy atom. The van der Waals surface area contributed by atoms with E-state index in [0.29, 0.717) is 31.6 Å². The van der Waals surface area contributed by atoms with Crippen molar-refractivity contribution < 1.29 is 26.9 Å². The van der Waals surface area contributed by atoms with Crippen LogP contribution in [-0.4, -0.2) is 46.3 Å². The van der Waals surface area contributed by atoms with Crippen molar-refractivity contribution in [1.82, 2.24) is 4.90 Å². The third-order valence-corrected chi connectivity index (χ3v) is 7.80. The molecule has 0 N–H and O–H groups in total. The number of ether oxygens (including phenoxy) is 2. The van der Waals surface area contributed by atoms with E-state index in [-0.39, 0.29) is 24.3 Å². The summed E-state index contributed by atoms with van der Waals surface area (Å²) in [4.78, 5) is 15.1. The summed E-state index contributed by atoms with van der Waals surface area (Å²) < 4.78 is 47.4. The first-order valence-electron chi connectivity index (χ1n) is 12.6. The predicted octanol–water partition coefficient (Wildman–Crippen LogP) is 4.62. The van der Waals surface area contributed by atoms with Gasteiger partial charge >= 0.3 is 6.09 Å². The van der Waals surface area contributed by atoms with E-state index in [1.54, 1.807) is 11.0 Å². The monoisotopic (exact) mass is 507 g/mol. The molecular formula is C28H27NO6S. The van der Waals surface area contributed by atoms with Gasteiger partial charge in [0.15, 0.2) is 0 Å². The molecule has 0 spiro atoms. The number of likely N-dealkylation sites (tertiary alicyclic amines) is 1. The number of rotatable bonds is 5. The maximum Gasteiger partial charge on any atom is 0.410 e. The van der Waals surface area contributed by atoms with Gasteiger partial charge < -0.3 is 18.6 Å². The fraction of sp³-hybridized carbons (Fsp3) is 0.321. The Kier molecular flexibility index (Phi) is 5.83. The number of fused-ring (bicyclic) bond motifs is 4. The molecule has 0 bridgehead atoms. The first kappa shape index (κ1) is 21.9. The molecule has 36 heavy (non-hydrogen) atoms. The van der Waals surface area contributed by atoms with Crippen molar-refractivity contribution in [1.29, 1.82) is 1.12 Å². The van der Waals surface area contributed by atoms with E-state index in [0.717, 1.165) is 23.1 Å². The fourth-order valence-electron chi connectivity index (χ4n) is 5.97. The van der Waals surface area contributed by atoms with Crippen LogP contribution in [0.15, 0.2) is 66.7 Å². The smallest absolute Gasteiger partial charge is 0.410 e. The van der Waals surface area contributed by atoms with Crippen LogP contribution in [0.5, 0.6) is 5.75 Å². The van der Waals surface area contributed by atoms with E-state index in [1.807, 2.05) is 30.3 Å². The molecule has 1 saturated heterocycles. The largest absolute Gasteiger partial charge is 0.448 e. The summed E-state index contributed by atoms with van der Waals surface area (Å²) in [6.07, 6.45) is 1.09. The number of amides is 1. The second-order valence-corrected chi connectivity index (χ2v) is 9.94. The van der Waals surface area contributed by atoms with Gasteiger partial charge in [0.2, 0.25) is 1.12 Å². The van der Waals surface area contributed by atoms with Gasteiger partial charge in [0.1, 0.15) is 18.5 Å². The molecule has 3 aromatic rings. The Bertz CT molecular complexity index is 1410. The molecule has 1 fully saturated rings. The van der Waals surface area contributed by atoms with Crippen LogP contribution in [0.25, 0.3) is 11.1 Å².